The summed E-state index contributed by atoms with van der Waals surface area (Å²) >= 11 is 1.51. The van der Waals surface area contributed by atoms with E-state index in [4.69, 9.17) is 5.11 Å². The molecule has 0 fully saturated rings. The number of aromatic nitrogens is 2. The maximum atomic E-state index is 10.9. The molecule has 0 aromatic carbocycles. The van der Waals surface area contributed by atoms with Gasteiger partial charge in [0.2, 0.25) is 0 Å². The van der Waals surface area contributed by atoms with E-state index in [0.29, 0.717) is 10.9 Å². The Labute approximate surface area is 93.1 Å². The molecule has 0 aliphatic carbocycles. The van der Waals surface area contributed by atoms with Gasteiger partial charge in [0.05, 0.1) is 11.3 Å². The summed E-state index contributed by atoms with van der Waals surface area (Å²) in [5.41, 5.74) is 0.805. The van der Waals surface area contributed by atoms with Crippen LogP contribution in [-0.2, 0) is 0 Å². The Balaban J connectivity index is 3.15. The van der Waals surface area contributed by atoms with Gasteiger partial charge in [0.15, 0.2) is 5.16 Å². The van der Waals surface area contributed by atoms with Gasteiger partial charge in [-0.2, -0.15) is 0 Å². The Morgan fingerprint density at radius 2 is 2.27 bits per heavy atom. The quantitative estimate of drug-likeness (QED) is 0.631. The highest BCUT2D eigenvalue weighted by molar-refractivity contribution is 7.99. The highest BCUT2D eigenvalue weighted by atomic mass is 32.2. The molecule has 0 saturated heterocycles. The van der Waals surface area contributed by atoms with E-state index in [0.717, 1.165) is 5.75 Å². The van der Waals surface area contributed by atoms with Gasteiger partial charge in [0.25, 0.3) is 0 Å². The fourth-order valence-corrected chi connectivity index (χ4v) is 1.73. The van der Waals surface area contributed by atoms with Crippen LogP contribution in [0.2, 0.25) is 0 Å². The Kier molecular flexibility index (Phi) is 4.08. The first kappa shape index (κ1) is 12.0. The number of carboxylic acids is 1. The lowest BCUT2D eigenvalue weighted by Crippen LogP contribution is -2.08. The van der Waals surface area contributed by atoms with Crippen molar-refractivity contribution < 1.29 is 9.90 Å². The number of hydrogen-bond acceptors (Lipinski definition) is 4. The second-order valence-electron chi connectivity index (χ2n) is 3.34. The third-order valence-electron chi connectivity index (χ3n) is 1.85. The van der Waals surface area contributed by atoms with Gasteiger partial charge in [-0.05, 0) is 11.7 Å². The third-order valence-corrected chi connectivity index (χ3v) is 2.59. The second kappa shape index (κ2) is 5.11. The predicted molar refractivity (Wildman–Crippen MR) is 59.5 cm³/mol. The molecule has 0 saturated carbocycles. The minimum absolute atomic E-state index is 0.0929. The lowest BCUT2D eigenvalue weighted by atomic mass is 10.1. The van der Waals surface area contributed by atoms with Crippen molar-refractivity contribution >= 4 is 17.7 Å². The molecule has 0 aliphatic rings. The van der Waals surface area contributed by atoms with Gasteiger partial charge in [-0.3, -0.25) is 0 Å². The first-order valence-electron chi connectivity index (χ1n) is 4.79. The Bertz CT molecular complexity index is 366. The minimum Gasteiger partial charge on any atom is -0.478 e. The van der Waals surface area contributed by atoms with E-state index in [9.17, 15) is 4.79 Å². The van der Waals surface area contributed by atoms with Crippen LogP contribution in [-0.4, -0.2) is 26.8 Å². The molecule has 1 N–H and O–H groups in total. The summed E-state index contributed by atoms with van der Waals surface area (Å²) in [6, 6.07) is 0. The van der Waals surface area contributed by atoms with Crippen molar-refractivity contribution in [2.24, 2.45) is 0 Å². The zero-order valence-corrected chi connectivity index (χ0v) is 9.84. The summed E-state index contributed by atoms with van der Waals surface area (Å²) in [5, 5.41) is 9.59. The van der Waals surface area contributed by atoms with Gasteiger partial charge in [0, 0.05) is 6.20 Å². The van der Waals surface area contributed by atoms with E-state index in [2.05, 4.69) is 9.97 Å². The Morgan fingerprint density at radius 3 is 2.73 bits per heavy atom. The van der Waals surface area contributed by atoms with Crippen LogP contribution in [0.1, 0.15) is 42.7 Å². The predicted octanol–water partition coefficient (Wildman–Crippen LogP) is 2.41. The lowest BCUT2D eigenvalue weighted by Gasteiger charge is -2.09. The van der Waals surface area contributed by atoms with Crippen LogP contribution in [0.5, 0.6) is 0 Å². The van der Waals surface area contributed by atoms with Crippen LogP contribution >= 0.6 is 11.8 Å². The topological polar surface area (TPSA) is 63.1 Å². The first-order chi connectivity index (χ1) is 7.06. The average molecular weight is 226 g/mol. The van der Waals surface area contributed by atoms with E-state index in [1.165, 1.54) is 18.0 Å². The summed E-state index contributed by atoms with van der Waals surface area (Å²) in [6.07, 6.45) is 1.39. The molecule has 5 heteroatoms. The fraction of sp³-hybridized carbons (Fsp3) is 0.500. The van der Waals surface area contributed by atoms with Crippen LogP contribution in [0.25, 0.3) is 0 Å². The maximum absolute atomic E-state index is 10.9. The van der Waals surface area contributed by atoms with Gasteiger partial charge >= 0.3 is 5.97 Å². The molecule has 0 radical (unpaired) electrons. The minimum atomic E-state index is -0.966. The second-order valence-corrected chi connectivity index (χ2v) is 4.58. The van der Waals surface area contributed by atoms with Crippen LogP contribution in [0.15, 0.2) is 11.4 Å². The number of carbonyl (C=O) groups is 1. The monoisotopic (exact) mass is 226 g/mol. The number of hydrogen-bond donors (Lipinski definition) is 1. The van der Waals surface area contributed by atoms with Crippen LogP contribution < -0.4 is 0 Å². The fourth-order valence-electron chi connectivity index (χ4n) is 1.18. The van der Waals surface area contributed by atoms with Crippen molar-refractivity contribution in [2.45, 2.75) is 31.8 Å². The molecule has 0 unspecified atom stereocenters. The van der Waals surface area contributed by atoms with E-state index >= 15 is 0 Å². The zero-order chi connectivity index (χ0) is 11.4. The van der Waals surface area contributed by atoms with Gasteiger partial charge in [-0.1, -0.05) is 32.5 Å². The number of thioether (sulfide) groups is 1. The standard InChI is InChI=1S/C10H14N2O2S/c1-4-15-10-11-5-7(9(13)14)8(12-10)6(2)3/h5-6H,4H2,1-3H3,(H,13,14). The normalized spacial score (nSPS) is 10.7. The van der Waals surface area contributed by atoms with E-state index in [1.54, 1.807) is 0 Å². The summed E-state index contributed by atoms with van der Waals surface area (Å²) < 4.78 is 0. The van der Waals surface area contributed by atoms with Crippen LogP contribution in [0.4, 0.5) is 0 Å². The summed E-state index contributed by atoms with van der Waals surface area (Å²) in [4.78, 5) is 19.2. The highest BCUT2D eigenvalue weighted by Crippen LogP contribution is 2.20. The zero-order valence-electron chi connectivity index (χ0n) is 9.02. The molecule has 4 nitrogen and oxygen atoms in total. The summed E-state index contributed by atoms with van der Waals surface area (Å²) in [7, 11) is 0. The van der Waals surface area contributed by atoms with Crippen LogP contribution in [0.3, 0.4) is 0 Å². The molecular weight excluding hydrogens is 212 g/mol. The number of nitrogens with zero attached hydrogens (tertiary/aromatic N) is 2. The van der Waals surface area contributed by atoms with Crippen molar-refractivity contribution in [3.8, 4) is 0 Å². The number of aromatic carboxylic acids is 1. The summed E-state index contributed by atoms with van der Waals surface area (Å²) in [6.45, 7) is 5.86. The van der Waals surface area contributed by atoms with E-state index < -0.39 is 5.97 Å². The van der Waals surface area contributed by atoms with Gasteiger partial charge in [-0.25, -0.2) is 14.8 Å². The van der Waals surface area contributed by atoms with Gasteiger partial charge in [0.1, 0.15) is 0 Å². The lowest BCUT2D eigenvalue weighted by molar-refractivity contribution is 0.0694. The van der Waals surface area contributed by atoms with Crippen LogP contribution in [0, 0.1) is 0 Å². The van der Waals surface area contributed by atoms with Gasteiger partial charge in [-0.15, -0.1) is 0 Å². The molecule has 0 atom stereocenters. The molecule has 0 aliphatic heterocycles. The highest BCUT2D eigenvalue weighted by Gasteiger charge is 2.15. The average Bonchev–Trinajstić information content (AvgIpc) is 2.17. The molecule has 1 rings (SSSR count). The molecule has 1 aromatic rings. The Morgan fingerprint density at radius 1 is 1.60 bits per heavy atom. The first-order valence-corrected chi connectivity index (χ1v) is 5.77. The third kappa shape index (κ3) is 2.92. The van der Waals surface area contributed by atoms with Crippen molar-refractivity contribution in [3.05, 3.63) is 17.5 Å². The smallest absolute Gasteiger partial charge is 0.339 e. The largest absolute Gasteiger partial charge is 0.478 e. The number of carboxylic acid groups (broad SMARTS) is 1. The summed E-state index contributed by atoms with van der Waals surface area (Å²) in [5.74, 6) is 0.00582. The molecule has 0 bridgehead atoms. The molecule has 1 aromatic heterocycles. The van der Waals surface area contributed by atoms with Crippen molar-refractivity contribution in [1.82, 2.24) is 9.97 Å². The van der Waals surface area contributed by atoms with Crippen molar-refractivity contribution in [2.75, 3.05) is 5.75 Å². The number of rotatable bonds is 4. The maximum Gasteiger partial charge on any atom is 0.339 e. The van der Waals surface area contributed by atoms with E-state index in [1.807, 2.05) is 20.8 Å². The molecule has 1 heterocycles. The molecule has 0 spiro atoms. The van der Waals surface area contributed by atoms with Crippen molar-refractivity contribution in [1.29, 1.82) is 0 Å². The molecule has 82 valence electrons. The van der Waals surface area contributed by atoms with E-state index in [-0.39, 0.29) is 11.5 Å². The van der Waals surface area contributed by atoms with Gasteiger partial charge < -0.3 is 5.11 Å². The molecule has 0 amide bonds. The Hall–Kier alpha value is -1.10. The molecular formula is C10H14N2O2S. The SMILES string of the molecule is CCSc1ncc(C(=O)O)c(C(C)C)n1. The van der Waals surface area contributed by atoms with Crippen molar-refractivity contribution in [3.63, 3.8) is 0 Å². The molecule has 15 heavy (non-hydrogen) atoms.